The van der Waals surface area contributed by atoms with Crippen LogP contribution in [0, 0.1) is 0 Å². The second-order valence-corrected chi connectivity index (χ2v) is 5.21. The van der Waals surface area contributed by atoms with Gasteiger partial charge in [0.15, 0.2) is 0 Å². The predicted molar refractivity (Wildman–Crippen MR) is 79.7 cm³/mol. The minimum atomic E-state index is -3.14. The third kappa shape index (κ3) is 5.35. The summed E-state index contributed by atoms with van der Waals surface area (Å²) in [5.41, 5.74) is 1.06. The molecule has 0 amide bonds. The van der Waals surface area contributed by atoms with Crippen molar-refractivity contribution in [3.8, 4) is 5.75 Å². The Kier molecular flexibility index (Phi) is 6.24. The molecule has 2 nitrogen and oxygen atoms in total. The molecule has 0 heterocycles. The Morgan fingerprint density at radius 3 is 2.25 bits per heavy atom. The van der Waals surface area contributed by atoms with E-state index in [1.54, 1.807) is 12.1 Å². The molecule has 4 heteroatoms. The summed E-state index contributed by atoms with van der Waals surface area (Å²) in [5.74, 6) is 0.195. The highest BCUT2D eigenvalue weighted by atomic mass is 19.3. The van der Waals surface area contributed by atoms with Gasteiger partial charge in [-0.3, -0.25) is 0 Å². The van der Waals surface area contributed by atoms with Crippen molar-refractivity contribution < 1.29 is 13.5 Å². The SMILES string of the molecule is CCCCN(c1ccc(OC(C)(F)F)cc1)C(C)CC. The van der Waals surface area contributed by atoms with Gasteiger partial charge in [0.2, 0.25) is 0 Å². The highest BCUT2D eigenvalue weighted by Gasteiger charge is 2.23. The van der Waals surface area contributed by atoms with Gasteiger partial charge in [-0.2, -0.15) is 8.78 Å². The summed E-state index contributed by atoms with van der Waals surface area (Å²) in [6.07, 6.45) is 0.168. The van der Waals surface area contributed by atoms with E-state index in [0.29, 0.717) is 6.04 Å². The molecule has 1 rings (SSSR count). The fraction of sp³-hybridized carbons (Fsp3) is 0.625. The van der Waals surface area contributed by atoms with Crippen LogP contribution >= 0.6 is 0 Å². The summed E-state index contributed by atoms with van der Waals surface area (Å²) >= 11 is 0. The van der Waals surface area contributed by atoms with Gasteiger partial charge in [-0.15, -0.1) is 0 Å². The largest absolute Gasteiger partial charge is 0.433 e. The zero-order valence-corrected chi connectivity index (χ0v) is 12.8. The number of benzene rings is 1. The van der Waals surface area contributed by atoms with Gasteiger partial charge < -0.3 is 9.64 Å². The van der Waals surface area contributed by atoms with E-state index in [2.05, 4.69) is 30.4 Å². The Bertz CT molecular complexity index is 386. The summed E-state index contributed by atoms with van der Waals surface area (Å²) in [6, 6.07) is 7.34. The summed E-state index contributed by atoms with van der Waals surface area (Å²) in [7, 11) is 0. The fourth-order valence-corrected chi connectivity index (χ4v) is 2.07. The first-order valence-electron chi connectivity index (χ1n) is 7.31. The number of nitrogens with zero attached hydrogens (tertiary/aromatic N) is 1. The van der Waals surface area contributed by atoms with Crippen molar-refractivity contribution in [1.82, 2.24) is 0 Å². The number of alkyl halides is 2. The van der Waals surface area contributed by atoms with Crippen molar-refractivity contribution in [3.63, 3.8) is 0 Å². The number of hydrogen-bond donors (Lipinski definition) is 0. The second-order valence-electron chi connectivity index (χ2n) is 5.21. The van der Waals surface area contributed by atoms with Gasteiger partial charge in [0, 0.05) is 25.2 Å². The monoisotopic (exact) mass is 285 g/mol. The Hall–Kier alpha value is -1.32. The van der Waals surface area contributed by atoms with E-state index in [9.17, 15) is 8.78 Å². The molecule has 20 heavy (non-hydrogen) atoms. The molecule has 0 aliphatic heterocycles. The lowest BCUT2D eigenvalue weighted by molar-refractivity contribution is -0.158. The van der Waals surface area contributed by atoms with Crippen molar-refractivity contribution >= 4 is 5.69 Å². The number of anilines is 1. The number of unbranched alkanes of at least 4 members (excludes halogenated alkanes) is 1. The quantitative estimate of drug-likeness (QED) is 0.660. The number of hydrogen-bond acceptors (Lipinski definition) is 2. The standard InChI is InChI=1S/C16H25F2NO/c1-5-7-12-19(13(3)6-2)14-8-10-15(11-9-14)20-16(4,17)18/h8-11,13H,5-7,12H2,1-4H3. The van der Waals surface area contributed by atoms with Crippen LogP contribution in [-0.2, 0) is 0 Å². The van der Waals surface area contributed by atoms with Gasteiger partial charge in [0.25, 0.3) is 0 Å². The smallest absolute Gasteiger partial charge is 0.394 e. The van der Waals surface area contributed by atoms with Crippen LogP contribution in [0.5, 0.6) is 5.75 Å². The van der Waals surface area contributed by atoms with Crippen molar-refractivity contribution in [2.75, 3.05) is 11.4 Å². The highest BCUT2D eigenvalue weighted by Crippen LogP contribution is 2.26. The van der Waals surface area contributed by atoms with Gasteiger partial charge in [0.1, 0.15) is 5.75 Å². The minimum Gasteiger partial charge on any atom is -0.433 e. The zero-order valence-electron chi connectivity index (χ0n) is 12.8. The van der Waals surface area contributed by atoms with Crippen LogP contribution in [0.15, 0.2) is 24.3 Å². The summed E-state index contributed by atoms with van der Waals surface area (Å²) in [5, 5.41) is 0. The van der Waals surface area contributed by atoms with E-state index in [1.807, 2.05) is 12.1 Å². The molecule has 0 aliphatic rings. The fourth-order valence-electron chi connectivity index (χ4n) is 2.07. The van der Waals surface area contributed by atoms with E-state index < -0.39 is 6.11 Å². The molecule has 0 bridgehead atoms. The molecule has 0 fully saturated rings. The topological polar surface area (TPSA) is 12.5 Å². The van der Waals surface area contributed by atoms with E-state index >= 15 is 0 Å². The van der Waals surface area contributed by atoms with Crippen LogP contribution in [-0.4, -0.2) is 18.7 Å². The lowest BCUT2D eigenvalue weighted by Gasteiger charge is -2.31. The Morgan fingerprint density at radius 2 is 1.80 bits per heavy atom. The first-order valence-corrected chi connectivity index (χ1v) is 7.31. The van der Waals surface area contributed by atoms with Gasteiger partial charge >= 0.3 is 6.11 Å². The van der Waals surface area contributed by atoms with Crippen molar-refractivity contribution in [2.45, 2.75) is 59.1 Å². The molecule has 1 aromatic carbocycles. The van der Waals surface area contributed by atoms with Crippen molar-refractivity contribution in [1.29, 1.82) is 0 Å². The summed E-state index contributed by atoms with van der Waals surface area (Å²) in [6.45, 7) is 8.22. The molecule has 1 unspecified atom stereocenters. The number of ether oxygens (including phenoxy) is 1. The molecule has 0 saturated heterocycles. The van der Waals surface area contributed by atoms with Crippen LogP contribution in [0.4, 0.5) is 14.5 Å². The zero-order chi connectivity index (χ0) is 15.2. The Balaban J connectivity index is 2.81. The van der Waals surface area contributed by atoms with Gasteiger partial charge in [0.05, 0.1) is 0 Å². The average molecular weight is 285 g/mol. The van der Waals surface area contributed by atoms with E-state index in [1.165, 1.54) is 0 Å². The maximum absolute atomic E-state index is 12.8. The van der Waals surface area contributed by atoms with Crippen LogP contribution in [0.3, 0.4) is 0 Å². The molecule has 1 aromatic rings. The predicted octanol–water partition coefficient (Wildman–Crippen LogP) is 5.08. The van der Waals surface area contributed by atoms with Gasteiger partial charge in [-0.05, 0) is 44.0 Å². The molecule has 0 spiro atoms. The van der Waals surface area contributed by atoms with E-state index in [0.717, 1.165) is 38.4 Å². The molecular formula is C16H25F2NO. The maximum Gasteiger partial charge on any atom is 0.394 e. The lowest BCUT2D eigenvalue weighted by Crippen LogP contribution is -2.33. The Morgan fingerprint density at radius 1 is 1.20 bits per heavy atom. The molecule has 0 aliphatic carbocycles. The second kappa shape index (κ2) is 7.46. The summed E-state index contributed by atoms with van der Waals surface area (Å²) < 4.78 is 30.1. The third-order valence-corrected chi connectivity index (χ3v) is 3.34. The molecular weight excluding hydrogens is 260 g/mol. The lowest BCUT2D eigenvalue weighted by atomic mass is 10.1. The molecule has 114 valence electrons. The minimum absolute atomic E-state index is 0.195. The Labute approximate surface area is 120 Å². The van der Waals surface area contributed by atoms with E-state index in [4.69, 9.17) is 0 Å². The average Bonchev–Trinajstić information content (AvgIpc) is 2.38. The van der Waals surface area contributed by atoms with Crippen LogP contribution in [0.1, 0.15) is 47.0 Å². The summed E-state index contributed by atoms with van der Waals surface area (Å²) in [4.78, 5) is 2.32. The molecule has 0 aromatic heterocycles. The highest BCUT2D eigenvalue weighted by molar-refractivity contribution is 5.49. The maximum atomic E-state index is 12.8. The molecule has 0 saturated carbocycles. The first-order chi connectivity index (χ1) is 9.37. The van der Waals surface area contributed by atoms with Crippen LogP contribution < -0.4 is 9.64 Å². The molecule has 0 N–H and O–H groups in total. The van der Waals surface area contributed by atoms with E-state index in [-0.39, 0.29) is 5.75 Å². The number of rotatable bonds is 8. The van der Waals surface area contributed by atoms with Crippen LogP contribution in [0.2, 0.25) is 0 Å². The van der Waals surface area contributed by atoms with Crippen molar-refractivity contribution in [3.05, 3.63) is 24.3 Å². The van der Waals surface area contributed by atoms with Crippen molar-refractivity contribution in [2.24, 2.45) is 0 Å². The third-order valence-electron chi connectivity index (χ3n) is 3.34. The normalized spacial score (nSPS) is 13.1. The van der Waals surface area contributed by atoms with Gasteiger partial charge in [-0.1, -0.05) is 20.3 Å². The first kappa shape index (κ1) is 16.7. The van der Waals surface area contributed by atoms with Gasteiger partial charge in [-0.25, -0.2) is 0 Å². The molecule has 1 atom stereocenters. The number of halogens is 2. The molecule has 0 radical (unpaired) electrons. The van der Waals surface area contributed by atoms with Crippen LogP contribution in [0.25, 0.3) is 0 Å².